The van der Waals surface area contributed by atoms with Crippen molar-refractivity contribution in [1.82, 2.24) is 15.3 Å². The molecule has 0 radical (unpaired) electrons. The van der Waals surface area contributed by atoms with Crippen molar-refractivity contribution in [1.29, 1.82) is 0 Å². The molecule has 0 fully saturated rings. The molecule has 1 aromatic rings. The maximum Gasteiger partial charge on any atom is 0.240 e. The van der Waals surface area contributed by atoms with Gasteiger partial charge in [0.05, 0.1) is 26.5 Å². The van der Waals surface area contributed by atoms with E-state index in [0.29, 0.717) is 17.7 Å². The zero-order chi connectivity index (χ0) is 14.3. The van der Waals surface area contributed by atoms with Gasteiger partial charge >= 0.3 is 0 Å². The van der Waals surface area contributed by atoms with Gasteiger partial charge in [-0.25, -0.2) is 4.98 Å². The Balaban J connectivity index is 3.06. The lowest BCUT2D eigenvalue weighted by Gasteiger charge is -2.24. The lowest BCUT2D eigenvalue weighted by atomic mass is 9.96. The maximum absolute atomic E-state index is 5.35. The van der Waals surface area contributed by atoms with E-state index in [1.54, 1.807) is 20.4 Å². The molecule has 1 aromatic heterocycles. The van der Waals surface area contributed by atoms with E-state index < -0.39 is 0 Å². The van der Waals surface area contributed by atoms with Gasteiger partial charge in [-0.2, -0.15) is 4.98 Å². The monoisotopic (exact) mass is 267 g/mol. The second-order valence-electron chi connectivity index (χ2n) is 4.62. The molecule has 1 rings (SSSR count). The molecule has 108 valence electrons. The van der Waals surface area contributed by atoms with Crippen LogP contribution in [0.4, 0.5) is 0 Å². The number of nitrogens with one attached hydrogen (secondary N) is 1. The summed E-state index contributed by atoms with van der Waals surface area (Å²) < 4.78 is 10.4. The second-order valence-corrected chi connectivity index (χ2v) is 4.62. The summed E-state index contributed by atoms with van der Waals surface area (Å²) >= 11 is 0. The first kappa shape index (κ1) is 15.7. The first-order valence-corrected chi connectivity index (χ1v) is 6.86. The number of nitrogens with zero attached hydrogens (tertiary/aromatic N) is 2. The fourth-order valence-electron chi connectivity index (χ4n) is 1.93. The minimum atomic E-state index is 0.151. The highest BCUT2D eigenvalue weighted by atomic mass is 16.5. The molecular formula is C14H25N3O2. The fourth-order valence-corrected chi connectivity index (χ4v) is 1.93. The molecule has 2 unspecified atom stereocenters. The minimum Gasteiger partial charge on any atom is -0.480 e. The smallest absolute Gasteiger partial charge is 0.240 e. The molecule has 0 aromatic carbocycles. The van der Waals surface area contributed by atoms with Crippen LogP contribution in [0, 0.1) is 5.92 Å². The molecule has 1 heterocycles. The Kier molecular flexibility index (Phi) is 6.56. The van der Waals surface area contributed by atoms with Crippen molar-refractivity contribution in [3.63, 3.8) is 0 Å². The van der Waals surface area contributed by atoms with Crippen molar-refractivity contribution in [3.05, 3.63) is 11.9 Å². The predicted molar refractivity (Wildman–Crippen MR) is 75.6 cm³/mol. The summed E-state index contributed by atoms with van der Waals surface area (Å²) in [4.78, 5) is 8.78. The van der Waals surface area contributed by atoms with Crippen LogP contribution in [0.1, 0.15) is 45.3 Å². The van der Waals surface area contributed by atoms with Crippen molar-refractivity contribution in [2.75, 3.05) is 20.8 Å². The molecule has 2 atom stereocenters. The number of hydrogen-bond acceptors (Lipinski definition) is 5. The van der Waals surface area contributed by atoms with Crippen LogP contribution in [0.15, 0.2) is 6.20 Å². The van der Waals surface area contributed by atoms with E-state index >= 15 is 0 Å². The van der Waals surface area contributed by atoms with E-state index in [1.807, 2.05) is 0 Å². The van der Waals surface area contributed by atoms with E-state index in [4.69, 9.17) is 9.47 Å². The molecule has 19 heavy (non-hydrogen) atoms. The number of ether oxygens (including phenoxy) is 2. The molecule has 5 nitrogen and oxygen atoms in total. The van der Waals surface area contributed by atoms with Crippen LogP contribution in [0.5, 0.6) is 11.8 Å². The average molecular weight is 267 g/mol. The van der Waals surface area contributed by atoms with Gasteiger partial charge in [-0.15, -0.1) is 0 Å². The van der Waals surface area contributed by atoms with Gasteiger partial charge in [-0.3, -0.25) is 0 Å². The summed E-state index contributed by atoms with van der Waals surface area (Å²) in [5.41, 5.74) is 0.853. The van der Waals surface area contributed by atoms with E-state index in [-0.39, 0.29) is 6.04 Å². The normalized spacial score (nSPS) is 13.9. The molecule has 5 heteroatoms. The predicted octanol–water partition coefficient (Wildman–Crippen LogP) is 2.58. The SMILES string of the molecule is CCCNC(c1ncc(OC)nc1OC)C(C)CC. The Morgan fingerprint density at radius 1 is 1.26 bits per heavy atom. The zero-order valence-corrected chi connectivity index (χ0v) is 12.6. The first-order valence-electron chi connectivity index (χ1n) is 6.86. The highest BCUT2D eigenvalue weighted by Gasteiger charge is 2.23. The van der Waals surface area contributed by atoms with Crippen molar-refractivity contribution in [3.8, 4) is 11.8 Å². The second kappa shape index (κ2) is 7.94. The number of methoxy groups -OCH3 is 2. The average Bonchev–Trinajstić information content (AvgIpc) is 2.47. The van der Waals surface area contributed by atoms with Crippen LogP contribution in [0.2, 0.25) is 0 Å². The Morgan fingerprint density at radius 3 is 2.53 bits per heavy atom. The van der Waals surface area contributed by atoms with Crippen molar-refractivity contribution in [2.45, 2.75) is 39.7 Å². The third-order valence-electron chi connectivity index (χ3n) is 3.27. The summed E-state index contributed by atoms with van der Waals surface area (Å²) in [5.74, 6) is 1.47. The zero-order valence-electron chi connectivity index (χ0n) is 12.6. The summed E-state index contributed by atoms with van der Waals surface area (Å²) in [6.45, 7) is 7.48. The number of hydrogen-bond donors (Lipinski definition) is 1. The summed E-state index contributed by atoms with van der Waals surface area (Å²) in [7, 11) is 3.19. The highest BCUT2D eigenvalue weighted by molar-refractivity contribution is 5.26. The Bertz CT molecular complexity index is 385. The Labute approximate surface area is 115 Å². The van der Waals surface area contributed by atoms with Gasteiger partial charge in [-0.05, 0) is 18.9 Å². The van der Waals surface area contributed by atoms with Gasteiger partial charge in [-0.1, -0.05) is 27.2 Å². The molecule has 0 aliphatic carbocycles. The standard InChI is InChI=1S/C14H25N3O2/c1-6-8-15-12(10(3)7-2)13-14(19-5)17-11(18-4)9-16-13/h9-10,12,15H,6-8H2,1-5H3. The topological polar surface area (TPSA) is 56.3 Å². The highest BCUT2D eigenvalue weighted by Crippen LogP contribution is 2.29. The summed E-state index contributed by atoms with van der Waals surface area (Å²) in [6, 6.07) is 0.151. The molecule has 1 N–H and O–H groups in total. The van der Waals surface area contributed by atoms with Crippen LogP contribution >= 0.6 is 0 Å². The van der Waals surface area contributed by atoms with Crippen LogP contribution in [0.3, 0.4) is 0 Å². The molecule has 0 amide bonds. The molecule has 0 aliphatic rings. The summed E-state index contributed by atoms with van der Waals surface area (Å²) in [5, 5.41) is 3.53. The molecule has 0 saturated carbocycles. The lowest BCUT2D eigenvalue weighted by Crippen LogP contribution is -2.29. The maximum atomic E-state index is 5.35. The van der Waals surface area contributed by atoms with Crippen LogP contribution in [-0.2, 0) is 0 Å². The van der Waals surface area contributed by atoms with E-state index in [2.05, 4.69) is 36.1 Å². The third kappa shape index (κ3) is 4.06. The number of aromatic nitrogens is 2. The Hall–Kier alpha value is -1.36. The number of rotatable bonds is 8. The minimum absolute atomic E-state index is 0.151. The quantitative estimate of drug-likeness (QED) is 0.784. The fraction of sp³-hybridized carbons (Fsp3) is 0.714. The van der Waals surface area contributed by atoms with Gasteiger partial charge in [0.2, 0.25) is 11.8 Å². The van der Waals surface area contributed by atoms with E-state index in [9.17, 15) is 0 Å². The largest absolute Gasteiger partial charge is 0.480 e. The lowest BCUT2D eigenvalue weighted by molar-refractivity contribution is 0.323. The van der Waals surface area contributed by atoms with Gasteiger partial charge in [0.25, 0.3) is 0 Å². The van der Waals surface area contributed by atoms with Crippen LogP contribution in [-0.4, -0.2) is 30.7 Å². The van der Waals surface area contributed by atoms with E-state index in [1.165, 1.54) is 0 Å². The third-order valence-corrected chi connectivity index (χ3v) is 3.27. The summed E-state index contributed by atoms with van der Waals surface area (Å²) in [6.07, 6.45) is 3.79. The van der Waals surface area contributed by atoms with Gasteiger partial charge in [0, 0.05) is 0 Å². The van der Waals surface area contributed by atoms with Gasteiger partial charge in [0.15, 0.2) is 0 Å². The molecular weight excluding hydrogens is 242 g/mol. The van der Waals surface area contributed by atoms with Crippen LogP contribution < -0.4 is 14.8 Å². The Morgan fingerprint density at radius 2 is 2.00 bits per heavy atom. The molecule has 0 spiro atoms. The molecule has 0 bridgehead atoms. The van der Waals surface area contributed by atoms with Gasteiger partial charge in [0.1, 0.15) is 5.69 Å². The molecule has 0 aliphatic heterocycles. The first-order chi connectivity index (χ1) is 9.17. The van der Waals surface area contributed by atoms with Crippen LogP contribution in [0.25, 0.3) is 0 Å². The van der Waals surface area contributed by atoms with Crippen molar-refractivity contribution in [2.24, 2.45) is 5.92 Å². The van der Waals surface area contributed by atoms with Gasteiger partial charge < -0.3 is 14.8 Å². The van der Waals surface area contributed by atoms with Crippen molar-refractivity contribution < 1.29 is 9.47 Å². The molecule has 0 saturated heterocycles. The van der Waals surface area contributed by atoms with Crippen molar-refractivity contribution >= 4 is 0 Å². The van der Waals surface area contributed by atoms with E-state index in [0.717, 1.165) is 25.1 Å².